The average molecular weight is 171 g/mol. The summed E-state index contributed by atoms with van der Waals surface area (Å²) < 4.78 is 0. The van der Waals surface area contributed by atoms with Gasteiger partial charge in [-0.2, -0.15) is 0 Å². The van der Waals surface area contributed by atoms with Gasteiger partial charge in [0.15, 0.2) is 0 Å². The molecule has 12 heavy (non-hydrogen) atoms. The van der Waals surface area contributed by atoms with Crippen molar-refractivity contribution in [3.05, 3.63) is 0 Å². The molecule has 0 unspecified atom stereocenters. The highest BCUT2D eigenvalue weighted by Gasteiger charge is 1.97. The third-order valence-corrected chi connectivity index (χ3v) is 2.60. The maximum absolute atomic E-state index is 5.41. The minimum atomic E-state index is 0.866. The summed E-state index contributed by atoms with van der Waals surface area (Å²) in [6, 6.07) is 0. The second kappa shape index (κ2) is 9.05. The summed E-state index contributed by atoms with van der Waals surface area (Å²) in [6.45, 7) is 5.49. The molecule has 1 heteroatoms. The van der Waals surface area contributed by atoms with Crippen LogP contribution in [0.5, 0.6) is 0 Å². The predicted octanol–water partition coefficient (Wildman–Crippen LogP) is 3.33. The van der Waals surface area contributed by atoms with E-state index in [1.165, 1.54) is 44.9 Å². The van der Waals surface area contributed by atoms with E-state index >= 15 is 0 Å². The Morgan fingerprint density at radius 2 is 1.58 bits per heavy atom. The summed E-state index contributed by atoms with van der Waals surface area (Å²) in [5.74, 6) is 0.930. The Morgan fingerprint density at radius 1 is 1.00 bits per heavy atom. The fourth-order valence-corrected chi connectivity index (χ4v) is 1.37. The Morgan fingerprint density at radius 3 is 2.17 bits per heavy atom. The van der Waals surface area contributed by atoms with Crippen LogP contribution < -0.4 is 5.73 Å². The van der Waals surface area contributed by atoms with Crippen LogP contribution in [0.3, 0.4) is 0 Å². The largest absolute Gasteiger partial charge is 0.330 e. The minimum absolute atomic E-state index is 0.866. The van der Waals surface area contributed by atoms with E-state index in [1.54, 1.807) is 0 Å². The molecule has 0 aliphatic rings. The second-order valence-corrected chi connectivity index (χ2v) is 3.86. The summed E-state index contributed by atoms with van der Waals surface area (Å²) >= 11 is 0. The molecule has 0 aliphatic heterocycles. The molecular formula is C11H25N. The lowest BCUT2D eigenvalue weighted by Gasteiger charge is -2.06. The molecule has 0 spiro atoms. The molecular weight excluding hydrogens is 146 g/mol. The lowest BCUT2D eigenvalue weighted by atomic mass is 10.0. The Labute approximate surface area is 77.7 Å². The second-order valence-electron chi connectivity index (χ2n) is 3.86. The molecule has 0 rings (SSSR count). The van der Waals surface area contributed by atoms with Gasteiger partial charge in [-0.15, -0.1) is 0 Å². The van der Waals surface area contributed by atoms with Crippen molar-refractivity contribution in [2.24, 2.45) is 11.7 Å². The summed E-state index contributed by atoms with van der Waals surface area (Å²) in [5.41, 5.74) is 5.41. The lowest BCUT2D eigenvalue weighted by molar-refractivity contribution is 0.473. The van der Waals surface area contributed by atoms with Gasteiger partial charge < -0.3 is 5.73 Å². The van der Waals surface area contributed by atoms with Crippen molar-refractivity contribution in [2.75, 3.05) is 6.54 Å². The van der Waals surface area contributed by atoms with E-state index < -0.39 is 0 Å². The van der Waals surface area contributed by atoms with Crippen LogP contribution in [0.1, 0.15) is 58.8 Å². The van der Waals surface area contributed by atoms with Crippen molar-refractivity contribution in [3.63, 3.8) is 0 Å². The van der Waals surface area contributed by atoms with Crippen LogP contribution in [0.2, 0.25) is 0 Å². The quantitative estimate of drug-likeness (QED) is 0.557. The topological polar surface area (TPSA) is 26.0 Å². The van der Waals surface area contributed by atoms with Crippen LogP contribution in [0, 0.1) is 5.92 Å². The van der Waals surface area contributed by atoms with Gasteiger partial charge in [-0.05, 0) is 18.9 Å². The van der Waals surface area contributed by atoms with Gasteiger partial charge in [0.25, 0.3) is 0 Å². The van der Waals surface area contributed by atoms with E-state index in [9.17, 15) is 0 Å². The predicted molar refractivity (Wildman–Crippen MR) is 56.2 cm³/mol. The van der Waals surface area contributed by atoms with Crippen molar-refractivity contribution in [1.82, 2.24) is 0 Å². The number of unbranched alkanes of at least 4 members (excludes halogenated alkanes) is 4. The van der Waals surface area contributed by atoms with Crippen LogP contribution in [-0.4, -0.2) is 6.54 Å². The third kappa shape index (κ3) is 8.06. The van der Waals surface area contributed by atoms with Gasteiger partial charge in [0.05, 0.1) is 0 Å². The van der Waals surface area contributed by atoms with E-state index in [4.69, 9.17) is 5.73 Å². The van der Waals surface area contributed by atoms with Crippen molar-refractivity contribution >= 4 is 0 Å². The Hall–Kier alpha value is -0.0400. The smallest absolute Gasteiger partial charge is 0.00773 e. The molecule has 0 aromatic rings. The van der Waals surface area contributed by atoms with Crippen LogP contribution in [0.25, 0.3) is 0 Å². The number of hydrogen-bond acceptors (Lipinski definition) is 1. The normalized spacial score (nSPS) is 13.2. The van der Waals surface area contributed by atoms with E-state index in [1.807, 2.05) is 0 Å². The Bertz CT molecular complexity index is 81.1. The first-order valence-corrected chi connectivity index (χ1v) is 5.51. The van der Waals surface area contributed by atoms with Crippen LogP contribution >= 0.6 is 0 Å². The van der Waals surface area contributed by atoms with Gasteiger partial charge >= 0.3 is 0 Å². The van der Waals surface area contributed by atoms with Gasteiger partial charge in [0.1, 0.15) is 0 Å². The van der Waals surface area contributed by atoms with Crippen molar-refractivity contribution in [3.8, 4) is 0 Å². The van der Waals surface area contributed by atoms with Crippen molar-refractivity contribution < 1.29 is 0 Å². The standard InChI is InChI=1S/C11H25N/c1-3-11(2)9-7-5-4-6-8-10-12/h11H,3-10,12H2,1-2H3/t11-/m0/s1. The highest BCUT2D eigenvalue weighted by molar-refractivity contribution is 4.51. The third-order valence-electron chi connectivity index (χ3n) is 2.60. The first kappa shape index (κ1) is 12.0. The van der Waals surface area contributed by atoms with E-state index in [0.717, 1.165) is 12.5 Å². The maximum Gasteiger partial charge on any atom is -0.00773 e. The number of hydrogen-bond donors (Lipinski definition) is 1. The highest BCUT2D eigenvalue weighted by Crippen LogP contribution is 2.13. The van der Waals surface area contributed by atoms with Crippen LogP contribution in [-0.2, 0) is 0 Å². The molecule has 0 heterocycles. The number of rotatable bonds is 8. The average Bonchev–Trinajstić information content (AvgIpc) is 2.10. The van der Waals surface area contributed by atoms with Crippen molar-refractivity contribution in [2.45, 2.75) is 58.8 Å². The van der Waals surface area contributed by atoms with Gasteiger partial charge in [-0.1, -0.05) is 52.4 Å². The van der Waals surface area contributed by atoms with Gasteiger partial charge in [0.2, 0.25) is 0 Å². The van der Waals surface area contributed by atoms with Gasteiger partial charge in [-0.3, -0.25) is 0 Å². The number of nitrogens with two attached hydrogens (primary N) is 1. The summed E-state index contributed by atoms with van der Waals surface area (Å²) in [4.78, 5) is 0. The SMILES string of the molecule is CC[C@H](C)CCCCCCCN. The van der Waals surface area contributed by atoms with E-state index in [2.05, 4.69) is 13.8 Å². The summed E-state index contributed by atoms with van der Waals surface area (Å²) in [5, 5.41) is 0. The van der Waals surface area contributed by atoms with Crippen LogP contribution in [0.4, 0.5) is 0 Å². The summed E-state index contributed by atoms with van der Waals surface area (Å²) in [6.07, 6.45) is 9.50. The molecule has 0 amide bonds. The molecule has 74 valence electrons. The zero-order chi connectivity index (χ0) is 9.23. The fourth-order valence-electron chi connectivity index (χ4n) is 1.37. The monoisotopic (exact) mass is 171 g/mol. The molecule has 0 radical (unpaired) electrons. The molecule has 0 fully saturated rings. The van der Waals surface area contributed by atoms with E-state index in [0.29, 0.717) is 0 Å². The van der Waals surface area contributed by atoms with Gasteiger partial charge in [0, 0.05) is 0 Å². The molecule has 0 aromatic heterocycles. The molecule has 2 N–H and O–H groups in total. The molecule has 0 bridgehead atoms. The molecule has 1 nitrogen and oxygen atoms in total. The van der Waals surface area contributed by atoms with E-state index in [-0.39, 0.29) is 0 Å². The molecule has 0 saturated carbocycles. The highest BCUT2D eigenvalue weighted by atomic mass is 14.5. The molecule has 1 atom stereocenters. The Kier molecular flexibility index (Phi) is 9.02. The molecule has 0 aliphatic carbocycles. The fraction of sp³-hybridized carbons (Fsp3) is 1.00. The minimum Gasteiger partial charge on any atom is -0.330 e. The zero-order valence-corrected chi connectivity index (χ0v) is 8.81. The maximum atomic E-state index is 5.41. The molecule has 0 saturated heterocycles. The van der Waals surface area contributed by atoms with Gasteiger partial charge in [-0.25, -0.2) is 0 Å². The lowest BCUT2D eigenvalue weighted by Crippen LogP contribution is -1.97. The van der Waals surface area contributed by atoms with Crippen molar-refractivity contribution in [1.29, 1.82) is 0 Å². The zero-order valence-electron chi connectivity index (χ0n) is 8.81. The first-order chi connectivity index (χ1) is 5.81. The first-order valence-electron chi connectivity index (χ1n) is 5.51. The summed E-state index contributed by atoms with van der Waals surface area (Å²) in [7, 11) is 0. The Balaban J connectivity index is 2.90. The van der Waals surface area contributed by atoms with Crippen LogP contribution in [0.15, 0.2) is 0 Å². The molecule has 0 aromatic carbocycles.